The summed E-state index contributed by atoms with van der Waals surface area (Å²) in [6.45, 7) is 13.3. The number of piperazine rings is 1. The minimum atomic E-state index is -0.333. The van der Waals surface area contributed by atoms with Crippen molar-refractivity contribution in [3.8, 4) is 11.8 Å². The highest BCUT2D eigenvalue weighted by molar-refractivity contribution is 5.85. The number of nitrogens with zero attached hydrogens (tertiary/aromatic N) is 5. The van der Waals surface area contributed by atoms with Crippen molar-refractivity contribution in [3.63, 3.8) is 0 Å². The van der Waals surface area contributed by atoms with Crippen molar-refractivity contribution in [2.24, 2.45) is 5.73 Å². The topological polar surface area (TPSA) is 111 Å². The number of benzene rings is 1. The summed E-state index contributed by atoms with van der Waals surface area (Å²) in [4.78, 5) is 34.1. The van der Waals surface area contributed by atoms with Gasteiger partial charge < -0.3 is 16.0 Å². The molecule has 9 heteroatoms. The van der Waals surface area contributed by atoms with Gasteiger partial charge in [0.15, 0.2) is 11.5 Å². The fourth-order valence-corrected chi connectivity index (χ4v) is 3.61. The number of aryl methyl sites for hydroxylation is 1. The van der Waals surface area contributed by atoms with Crippen LogP contribution >= 0.6 is 0 Å². The molecular weight excluding hydrogens is 430 g/mol. The van der Waals surface area contributed by atoms with E-state index in [0.29, 0.717) is 24.6 Å². The first-order chi connectivity index (χ1) is 16.4. The van der Waals surface area contributed by atoms with E-state index in [1.165, 1.54) is 6.92 Å². The molecule has 0 aliphatic carbocycles. The lowest BCUT2D eigenvalue weighted by Crippen LogP contribution is -2.44. The molecule has 9 nitrogen and oxygen atoms in total. The van der Waals surface area contributed by atoms with Crippen molar-refractivity contribution in [3.05, 3.63) is 52.2 Å². The number of imidazole rings is 1. The maximum absolute atomic E-state index is 13.3. The van der Waals surface area contributed by atoms with Crippen molar-refractivity contribution in [1.82, 2.24) is 24.4 Å². The lowest BCUT2D eigenvalue weighted by molar-refractivity contribution is -0.115. The van der Waals surface area contributed by atoms with Crippen molar-refractivity contribution in [1.29, 1.82) is 0 Å². The van der Waals surface area contributed by atoms with Crippen LogP contribution in [0.2, 0.25) is 0 Å². The Morgan fingerprint density at radius 2 is 1.74 bits per heavy atom. The zero-order chi connectivity index (χ0) is 25.1. The quantitative estimate of drug-likeness (QED) is 0.570. The van der Waals surface area contributed by atoms with Gasteiger partial charge in [0.05, 0.1) is 13.1 Å². The van der Waals surface area contributed by atoms with Crippen LogP contribution in [0.4, 0.5) is 5.82 Å². The Morgan fingerprint density at radius 3 is 2.32 bits per heavy atom. The number of amides is 1. The Bertz CT molecular complexity index is 1190. The van der Waals surface area contributed by atoms with E-state index in [2.05, 4.69) is 32.8 Å². The van der Waals surface area contributed by atoms with Crippen LogP contribution in [0.15, 0.2) is 35.1 Å². The first-order valence-electron chi connectivity index (χ1n) is 11.5. The molecule has 1 saturated heterocycles. The fraction of sp³-hybridized carbons (Fsp3) is 0.440. The molecule has 0 spiro atoms. The predicted octanol–water partition coefficient (Wildman–Crippen LogP) is 1.90. The largest absolute Gasteiger partial charge is 0.370 e. The number of aromatic nitrogens is 4. The molecule has 2 aromatic heterocycles. The van der Waals surface area contributed by atoms with E-state index in [0.717, 1.165) is 43.1 Å². The number of nitrogens with two attached hydrogens (primary N) is 1. The normalized spacial score (nSPS) is 12.6. The summed E-state index contributed by atoms with van der Waals surface area (Å²) in [5.41, 5.74) is 6.88. The van der Waals surface area contributed by atoms with Gasteiger partial charge in [0.2, 0.25) is 5.91 Å². The van der Waals surface area contributed by atoms with Crippen LogP contribution in [-0.4, -0.2) is 51.2 Å². The molecule has 3 N–H and O–H groups in total. The Balaban J connectivity index is 0.000000618. The lowest BCUT2D eigenvalue weighted by atomic mass is 10.2. The van der Waals surface area contributed by atoms with Gasteiger partial charge >= 0.3 is 5.69 Å². The molecule has 1 aromatic carbocycles. The van der Waals surface area contributed by atoms with Crippen LogP contribution in [0.3, 0.4) is 0 Å². The number of rotatable bonds is 4. The van der Waals surface area contributed by atoms with E-state index < -0.39 is 0 Å². The predicted molar refractivity (Wildman–Crippen MR) is 137 cm³/mol. The molecule has 0 bridgehead atoms. The third-order valence-corrected chi connectivity index (χ3v) is 4.96. The monoisotopic (exact) mass is 465 g/mol. The number of hydrogen-bond donors (Lipinski definition) is 2. The second-order valence-corrected chi connectivity index (χ2v) is 7.48. The van der Waals surface area contributed by atoms with Crippen molar-refractivity contribution >= 4 is 22.9 Å². The maximum atomic E-state index is 13.3. The van der Waals surface area contributed by atoms with Crippen LogP contribution in [-0.2, 0) is 17.9 Å². The third-order valence-electron chi connectivity index (χ3n) is 4.96. The lowest BCUT2D eigenvalue weighted by Gasteiger charge is -2.29. The number of primary amides is 1. The van der Waals surface area contributed by atoms with E-state index in [9.17, 15) is 9.59 Å². The Labute approximate surface area is 201 Å². The van der Waals surface area contributed by atoms with Gasteiger partial charge in [-0.05, 0) is 19.4 Å². The summed E-state index contributed by atoms with van der Waals surface area (Å²) in [5.74, 6) is 7.09. The van der Waals surface area contributed by atoms with Gasteiger partial charge in [0, 0.05) is 33.1 Å². The standard InChI is InChI=1S/C21H24N6O.C2H5NO.C2H6/c1-3-4-12-26-18-19(25-13-10-22-11-14-25)23-16(2)24-20(18)27(21(26)28)15-17-8-6-5-7-9-17;1-2(3)4;1-2/h5-9,22H,10-15H2,1-2H3;1H3,(H2,3,4);1-2H3. The van der Waals surface area contributed by atoms with Crippen LogP contribution in [0.25, 0.3) is 11.2 Å². The highest BCUT2D eigenvalue weighted by atomic mass is 16.2. The van der Waals surface area contributed by atoms with Crippen LogP contribution in [0.5, 0.6) is 0 Å². The van der Waals surface area contributed by atoms with Gasteiger partial charge in [-0.2, -0.15) is 0 Å². The van der Waals surface area contributed by atoms with Gasteiger partial charge in [0.25, 0.3) is 0 Å². The summed E-state index contributed by atoms with van der Waals surface area (Å²) in [5, 5.41) is 3.36. The maximum Gasteiger partial charge on any atom is 0.331 e. The van der Waals surface area contributed by atoms with Crippen LogP contribution in [0.1, 0.15) is 39.1 Å². The fourth-order valence-electron chi connectivity index (χ4n) is 3.61. The highest BCUT2D eigenvalue weighted by Gasteiger charge is 2.23. The molecule has 34 heavy (non-hydrogen) atoms. The van der Waals surface area contributed by atoms with Gasteiger partial charge in [0.1, 0.15) is 11.3 Å². The smallest absolute Gasteiger partial charge is 0.331 e. The molecular formula is C25H35N7O2. The molecule has 1 aliphatic heterocycles. The number of carbonyl (C=O) groups is 1. The number of carbonyl (C=O) groups excluding carboxylic acids is 1. The second kappa shape index (κ2) is 13.2. The average molecular weight is 466 g/mol. The third kappa shape index (κ3) is 6.68. The number of hydrogen-bond acceptors (Lipinski definition) is 6. The highest BCUT2D eigenvalue weighted by Crippen LogP contribution is 2.24. The molecule has 3 heterocycles. The first kappa shape index (κ1) is 26.6. The van der Waals surface area contributed by atoms with Gasteiger partial charge in [-0.1, -0.05) is 50.1 Å². The number of nitrogens with one attached hydrogen (secondary N) is 1. The van der Waals surface area contributed by atoms with E-state index in [1.54, 1.807) is 16.1 Å². The Hall–Kier alpha value is -3.64. The molecule has 4 rings (SSSR count). The van der Waals surface area contributed by atoms with E-state index in [1.807, 2.05) is 51.1 Å². The molecule has 0 unspecified atom stereocenters. The zero-order valence-electron chi connectivity index (χ0n) is 20.8. The van der Waals surface area contributed by atoms with Crippen molar-refractivity contribution < 1.29 is 4.79 Å². The number of anilines is 1. The summed E-state index contributed by atoms with van der Waals surface area (Å²) < 4.78 is 3.45. The molecule has 3 aromatic rings. The molecule has 0 radical (unpaired) electrons. The van der Waals surface area contributed by atoms with E-state index in [4.69, 9.17) is 4.98 Å². The van der Waals surface area contributed by atoms with Gasteiger partial charge in [-0.15, -0.1) is 5.92 Å². The number of fused-ring (bicyclic) bond motifs is 1. The molecule has 0 atom stereocenters. The minimum absolute atomic E-state index is 0.0992. The summed E-state index contributed by atoms with van der Waals surface area (Å²) in [6.07, 6.45) is 0. The van der Waals surface area contributed by atoms with Crippen molar-refractivity contribution in [2.75, 3.05) is 31.1 Å². The van der Waals surface area contributed by atoms with Crippen LogP contribution in [0, 0.1) is 18.8 Å². The van der Waals surface area contributed by atoms with Crippen LogP contribution < -0.4 is 21.6 Å². The summed E-state index contributed by atoms with van der Waals surface area (Å²) in [7, 11) is 0. The minimum Gasteiger partial charge on any atom is -0.370 e. The average Bonchev–Trinajstić information content (AvgIpc) is 3.10. The molecule has 1 amide bonds. The molecule has 0 saturated carbocycles. The van der Waals surface area contributed by atoms with Gasteiger partial charge in [-0.25, -0.2) is 14.8 Å². The van der Waals surface area contributed by atoms with E-state index >= 15 is 0 Å². The van der Waals surface area contributed by atoms with E-state index in [-0.39, 0.29) is 11.6 Å². The SMILES string of the molecule is CC.CC#CCn1c(=O)n(Cc2ccccc2)c2nc(C)nc(N3CCNCC3)c21.CC(N)=O. The Morgan fingerprint density at radius 1 is 1.12 bits per heavy atom. The van der Waals surface area contributed by atoms with Crippen molar-refractivity contribution in [2.45, 2.75) is 47.7 Å². The second-order valence-electron chi connectivity index (χ2n) is 7.48. The summed E-state index contributed by atoms with van der Waals surface area (Å²) in [6, 6.07) is 9.98. The Kier molecular flexibility index (Phi) is 10.3. The molecule has 1 fully saturated rings. The molecule has 182 valence electrons. The zero-order valence-corrected chi connectivity index (χ0v) is 20.8. The van der Waals surface area contributed by atoms with Gasteiger partial charge in [-0.3, -0.25) is 13.9 Å². The molecule has 1 aliphatic rings. The summed E-state index contributed by atoms with van der Waals surface area (Å²) >= 11 is 0. The first-order valence-corrected chi connectivity index (χ1v) is 11.5.